The predicted molar refractivity (Wildman–Crippen MR) is 156 cm³/mol. The highest BCUT2D eigenvalue weighted by atomic mass is 19.4. The number of ether oxygens (including phenoxy) is 3. The number of alkyl halides is 3. The number of esters is 1. The van der Waals surface area contributed by atoms with Crippen LogP contribution in [0.3, 0.4) is 0 Å². The smallest absolute Gasteiger partial charge is 0.496 e. The molecule has 0 radical (unpaired) electrons. The normalized spacial score (nSPS) is 12.9. The van der Waals surface area contributed by atoms with Crippen LogP contribution in [0, 0.1) is 0 Å². The Hall–Kier alpha value is -4.30. The molecule has 5 nitrogen and oxygen atoms in total. The van der Waals surface area contributed by atoms with E-state index in [1.165, 1.54) is 19.2 Å². The van der Waals surface area contributed by atoms with Gasteiger partial charge >= 0.3 is 12.3 Å². The molecule has 0 heterocycles. The van der Waals surface area contributed by atoms with E-state index in [1.54, 1.807) is 19.1 Å². The molecule has 0 spiro atoms. The molecule has 0 unspecified atom stereocenters. The fourth-order valence-electron chi connectivity index (χ4n) is 5.03. The van der Waals surface area contributed by atoms with E-state index in [0.29, 0.717) is 23.4 Å². The summed E-state index contributed by atoms with van der Waals surface area (Å²) in [6.07, 6.45) is -4.68. The van der Waals surface area contributed by atoms with Crippen molar-refractivity contribution in [1.29, 1.82) is 0 Å². The van der Waals surface area contributed by atoms with Crippen LogP contribution < -0.4 is 9.47 Å². The Kier molecular flexibility index (Phi) is 10.3. The molecule has 0 aliphatic heterocycles. The molecule has 0 fully saturated rings. The van der Waals surface area contributed by atoms with Crippen LogP contribution in [0.4, 0.5) is 13.2 Å². The van der Waals surface area contributed by atoms with Gasteiger partial charge in [0.25, 0.3) is 0 Å². The zero-order valence-electron chi connectivity index (χ0n) is 23.8. The highest BCUT2D eigenvalue weighted by Crippen LogP contribution is 2.39. The number of carbonyl (C=O) groups excluding carboxylic acids is 1. The summed E-state index contributed by atoms with van der Waals surface area (Å²) in [5.41, 5.74) is 4.34. The fourth-order valence-corrected chi connectivity index (χ4v) is 5.03. The highest BCUT2D eigenvalue weighted by Gasteiger charge is 2.32. The van der Waals surface area contributed by atoms with Gasteiger partial charge in [0.1, 0.15) is 11.5 Å². The lowest BCUT2D eigenvalue weighted by atomic mass is 9.93. The molecule has 0 bridgehead atoms. The fraction of sp³-hybridized carbons (Fsp3) is 0.265. The van der Waals surface area contributed by atoms with Crippen LogP contribution in [-0.2, 0) is 16.1 Å². The lowest BCUT2D eigenvalue weighted by Gasteiger charge is -2.37. The van der Waals surface area contributed by atoms with Gasteiger partial charge in [-0.1, -0.05) is 78.9 Å². The van der Waals surface area contributed by atoms with Crippen molar-refractivity contribution >= 4 is 5.97 Å². The van der Waals surface area contributed by atoms with E-state index in [1.807, 2.05) is 54.6 Å². The first-order chi connectivity index (χ1) is 20.2. The van der Waals surface area contributed by atoms with Crippen LogP contribution in [0.15, 0.2) is 103 Å². The lowest BCUT2D eigenvalue weighted by Crippen LogP contribution is -2.33. The van der Waals surface area contributed by atoms with Gasteiger partial charge in [-0.25, -0.2) is 0 Å². The van der Waals surface area contributed by atoms with E-state index in [9.17, 15) is 18.0 Å². The van der Waals surface area contributed by atoms with Crippen LogP contribution in [0.5, 0.6) is 11.5 Å². The van der Waals surface area contributed by atoms with Gasteiger partial charge in [0, 0.05) is 24.2 Å². The first-order valence-corrected chi connectivity index (χ1v) is 13.7. The van der Waals surface area contributed by atoms with Crippen molar-refractivity contribution in [1.82, 2.24) is 4.90 Å². The van der Waals surface area contributed by atoms with Gasteiger partial charge in [0.05, 0.1) is 20.1 Å². The summed E-state index contributed by atoms with van der Waals surface area (Å²) in [5, 5.41) is 0. The predicted octanol–water partition coefficient (Wildman–Crippen LogP) is 8.52. The Balaban J connectivity index is 1.80. The number of hydrogen-bond donors (Lipinski definition) is 0. The standard InChI is InChI=1S/C34H34F3NO4/c1-4-41-33(39)22-31(38(23-25-11-7-5-8-12-25)24(2)26-13-9-6-10-14-26)28-17-20-32(40-3)30(21-28)27-15-18-29(19-16-27)42-34(35,36)37/h5-21,24,31H,4,22-23H2,1-3H3/t24-,31+/m1/s1. The third kappa shape index (κ3) is 8.13. The molecule has 4 rings (SSSR count). The molecule has 8 heteroatoms. The highest BCUT2D eigenvalue weighted by molar-refractivity contribution is 5.73. The molecule has 0 saturated carbocycles. The third-order valence-corrected chi connectivity index (χ3v) is 7.06. The van der Waals surface area contributed by atoms with Crippen molar-refractivity contribution < 1.29 is 32.2 Å². The minimum Gasteiger partial charge on any atom is -0.496 e. The summed E-state index contributed by atoms with van der Waals surface area (Å²) in [6, 6.07) is 31.0. The van der Waals surface area contributed by atoms with Crippen LogP contribution in [0.1, 0.15) is 49.0 Å². The van der Waals surface area contributed by atoms with Gasteiger partial charge in [-0.3, -0.25) is 9.69 Å². The van der Waals surface area contributed by atoms with Gasteiger partial charge in [-0.15, -0.1) is 13.2 Å². The number of halogens is 3. The minimum absolute atomic E-state index is 0.0739. The van der Waals surface area contributed by atoms with Crippen molar-refractivity contribution in [3.8, 4) is 22.6 Å². The lowest BCUT2D eigenvalue weighted by molar-refractivity contribution is -0.274. The number of nitrogens with zero attached hydrogens (tertiary/aromatic N) is 1. The van der Waals surface area contributed by atoms with Crippen molar-refractivity contribution in [2.24, 2.45) is 0 Å². The molecule has 0 saturated heterocycles. The third-order valence-electron chi connectivity index (χ3n) is 7.06. The van der Waals surface area contributed by atoms with E-state index in [4.69, 9.17) is 9.47 Å². The SMILES string of the molecule is CCOC(=O)C[C@@H](c1ccc(OC)c(-c2ccc(OC(F)(F)F)cc2)c1)N(Cc1ccccc1)[C@H](C)c1ccccc1. The Morgan fingerprint density at radius 3 is 2.10 bits per heavy atom. The number of hydrogen-bond acceptors (Lipinski definition) is 5. The van der Waals surface area contributed by atoms with Crippen molar-refractivity contribution in [2.75, 3.05) is 13.7 Å². The van der Waals surface area contributed by atoms with Gasteiger partial charge in [0.15, 0.2) is 0 Å². The summed E-state index contributed by atoms with van der Waals surface area (Å²) in [7, 11) is 1.54. The molecule has 0 amide bonds. The average Bonchev–Trinajstić information content (AvgIpc) is 2.99. The van der Waals surface area contributed by atoms with Gasteiger partial charge in [-0.2, -0.15) is 0 Å². The molecule has 0 aromatic heterocycles. The Labute approximate surface area is 244 Å². The van der Waals surface area contributed by atoms with Crippen LogP contribution >= 0.6 is 0 Å². The van der Waals surface area contributed by atoms with Crippen molar-refractivity contribution in [3.63, 3.8) is 0 Å². The van der Waals surface area contributed by atoms with E-state index < -0.39 is 12.4 Å². The second-order valence-corrected chi connectivity index (χ2v) is 9.80. The van der Waals surface area contributed by atoms with Crippen molar-refractivity contribution in [2.45, 2.75) is 45.3 Å². The number of carbonyl (C=O) groups is 1. The summed E-state index contributed by atoms with van der Waals surface area (Å²) in [5.74, 6) is -0.0945. The summed E-state index contributed by atoms with van der Waals surface area (Å²) >= 11 is 0. The van der Waals surface area contributed by atoms with Crippen LogP contribution in [-0.4, -0.2) is 30.9 Å². The Morgan fingerprint density at radius 2 is 1.50 bits per heavy atom. The Bertz CT molecular complexity index is 1430. The second-order valence-electron chi connectivity index (χ2n) is 9.80. The average molecular weight is 578 g/mol. The monoisotopic (exact) mass is 577 g/mol. The summed E-state index contributed by atoms with van der Waals surface area (Å²) in [6.45, 7) is 4.71. The molecule has 0 aliphatic rings. The molecule has 220 valence electrons. The topological polar surface area (TPSA) is 48.0 Å². The summed E-state index contributed by atoms with van der Waals surface area (Å²) < 4.78 is 53.2. The van der Waals surface area contributed by atoms with Crippen molar-refractivity contribution in [3.05, 3.63) is 120 Å². The Morgan fingerprint density at radius 1 is 0.857 bits per heavy atom. The largest absolute Gasteiger partial charge is 0.573 e. The molecular formula is C34H34F3NO4. The number of rotatable bonds is 12. The van der Waals surface area contributed by atoms with E-state index in [-0.39, 0.29) is 30.8 Å². The molecule has 4 aromatic carbocycles. The molecular weight excluding hydrogens is 543 g/mol. The first-order valence-electron chi connectivity index (χ1n) is 13.7. The molecule has 0 N–H and O–H groups in total. The molecule has 4 aromatic rings. The van der Waals surface area contributed by atoms with Crippen LogP contribution in [0.25, 0.3) is 11.1 Å². The molecule has 2 atom stereocenters. The van der Waals surface area contributed by atoms with Gasteiger partial charge in [0.2, 0.25) is 0 Å². The van der Waals surface area contributed by atoms with Crippen LogP contribution in [0.2, 0.25) is 0 Å². The maximum Gasteiger partial charge on any atom is 0.573 e. The minimum atomic E-state index is -4.78. The quantitative estimate of drug-likeness (QED) is 0.158. The van der Waals surface area contributed by atoms with Gasteiger partial charge in [-0.05, 0) is 60.4 Å². The number of benzene rings is 4. The zero-order chi connectivity index (χ0) is 30.1. The van der Waals surface area contributed by atoms with E-state index >= 15 is 0 Å². The van der Waals surface area contributed by atoms with E-state index in [0.717, 1.165) is 16.7 Å². The van der Waals surface area contributed by atoms with E-state index in [2.05, 4.69) is 40.8 Å². The zero-order valence-corrected chi connectivity index (χ0v) is 23.8. The number of methoxy groups -OCH3 is 1. The molecule has 0 aliphatic carbocycles. The first kappa shape index (κ1) is 30.7. The van der Waals surface area contributed by atoms with Gasteiger partial charge < -0.3 is 14.2 Å². The maximum absolute atomic E-state index is 13.0. The summed E-state index contributed by atoms with van der Waals surface area (Å²) in [4.78, 5) is 15.3. The second kappa shape index (κ2) is 14.0. The maximum atomic E-state index is 13.0. The molecule has 42 heavy (non-hydrogen) atoms.